The number of nitrogen functional groups attached to an aromatic ring is 1. The molecule has 2 aliphatic rings. The Morgan fingerprint density at radius 3 is 2.57 bits per heavy atom. The van der Waals surface area contributed by atoms with Gasteiger partial charge in [-0.2, -0.15) is 0 Å². The molecule has 10 nitrogen and oxygen atoms in total. The fraction of sp³-hybridized carbons (Fsp3) is 0.609. The quantitative estimate of drug-likeness (QED) is 0.241. The van der Waals surface area contributed by atoms with E-state index in [0.29, 0.717) is 12.0 Å². The van der Waals surface area contributed by atoms with Gasteiger partial charge in [-0.3, -0.25) is 30.1 Å². The second-order valence-corrected chi connectivity index (χ2v) is 9.29. The summed E-state index contributed by atoms with van der Waals surface area (Å²) < 4.78 is 28.7. The number of carboxylic acid groups (broad SMARTS) is 1. The molecular formula is C23H32F2N6O4. The number of nitrogens with zero attached hydrogens (tertiary/aromatic N) is 2. The van der Waals surface area contributed by atoms with Crippen LogP contribution in [-0.2, 0) is 20.9 Å². The van der Waals surface area contributed by atoms with Crippen molar-refractivity contribution in [3.8, 4) is 0 Å². The first kappa shape index (κ1) is 26.5. The molecular weight excluding hydrogens is 462 g/mol. The topological polar surface area (TPSA) is 162 Å². The van der Waals surface area contributed by atoms with Crippen LogP contribution in [0.1, 0.15) is 56.2 Å². The van der Waals surface area contributed by atoms with Crippen LogP contribution in [0.25, 0.3) is 0 Å². The number of amides is 2. The van der Waals surface area contributed by atoms with Gasteiger partial charge in [-0.25, -0.2) is 8.78 Å². The molecule has 0 aromatic carbocycles. The Kier molecular flexibility index (Phi) is 8.71. The Bertz CT molecular complexity index is 936. The monoisotopic (exact) mass is 494 g/mol. The number of halogens is 2. The summed E-state index contributed by atoms with van der Waals surface area (Å²) >= 11 is 0. The number of rotatable bonds is 10. The molecule has 0 spiro atoms. The number of nitrogens with two attached hydrogens (primary N) is 1. The van der Waals surface area contributed by atoms with E-state index in [0.717, 1.165) is 37.0 Å². The number of hydrogen-bond donors (Lipinski definition) is 5. The largest absolute Gasteiger partial charge is 0.480 e. The zero-order valence-electron chi connectivity index (χ0n) is 19.4. The molecule has 0 bridgehead atoms. The van der Waals surface area contributed by atoms with Crippen molar-refractivity contribution in [3.63, 3.8) is 0 Å². The summed E-state index contributed by atoms with van der Waals surface area (Å²) in [6.07, 6.45) is 5.88. The molecule has 0 radical (unpaired) electrons. The molecule has 1 aliphatic carbocycles. The highest BCUT2D eigenvalue weighted by atomic mass is 19.3. The van der Waals surface area contributed by atoms with E-state index >= 15 is 0 Å². The van der Waals surface area contributed by atoms with Gasteiger partial charge in [-0.15, -0.1) is 0 Å². The molecule has 3 rings (SSSR count). The van der Waals surface area contributed by atoms with Crippen LogP contribution in [0.15, 0.2) is 18.3 Å². The first-order valence-corrected chi connectivity index (χ1v) is 11.8. The van der Waals surface area contributed by atoms with Crippen LogP contribution in [0, 0.1) is 11.3 Å². The van der Waals surface area contributed by atoms with Gasteiger partial charge in [-0.1, -0.05) is 38.2 Å². The van der Waals surface area contributed by atoms with Gasteiger partial charge in [0.2, 0.25) is 11.8 Å². The maximum absolute atomic E-state index is 14.4. The van der Waals surface area contributed by atoms with Crippen molar-refractivity contribution in [1.82, 2.24) is 20.5 Å². The zero-order valence-corrected chi connectivity index (χ0v) is 19.4. The van der Waals surface area contributed by atoms with E-state index in [1.54, 1.807) is 6.07 Å². The van der Waals surface area contributed by atoms with Crippen molar-refractivity contribution >= 4 is 23.6 Å². The number of carbonyl (C=O) groups is 3. The molecule has 35 heavy (non-hydrogen) atoms. The molecule has 2 atom stereocenters. The summed E-state index contributed by atoms with van der Waals surface area (Å²) in [7, 11) is 0. The van der Waals surface area contributed by atoms with Crippen LogP contribution < -0.4 is 16.4 Å². The molecule has 1 saturated carbocycles. The molecule has 1 aromatic heterocycles. The van der Waals surface area contributed by atoms with Crippen LogP contribution in [0.3, 0.4) is 0 Å². The highest BCUT2D eigenvalue weighted by molar-refractivity contribution is 5.93. The standard InChI is InChI=1S/C23H32F2N6O4/c24-23(25)9-18(21(34)30-11-15-6-7-16(20(26)27)28-10-15)31(13-23)22(35)17(29-12-19(32)33)8-14-4-2-1-3-5-14/h6-7,10,14,17-18,29H,1-5,8-9,11-13H2,(H3,26,27)(H,30,34)(H,32,33)/t17-,18+/m1/s1. The number of carboxylic acids is 1. The predicted molar refractivity (Wildman–Crippen MR) is 123 cm³/mol. The third-order valence-corrected chi connectivity index (χ3v) is 6.51. The lowest BCUT2D eigenvalue weighted by molar-refractivity contribution is -0.142. The number of aliphatic carboxylic acids is 1. The lowest BCUT2D eigenvalue weighted by Crippen LogP contribution is -2.53. The van der Waals surface area contributed by atoms with E-state index in [9.17, 15) is 23.2 Å². The van der Waals surface area contributed by atoms with Crippen molar-refractivity contribution in [2.45, 2.75) is 69.5 Å². The van der Waals surface area contributed by atoms with E-state index in [-0.39, 0.29) is 24.0 Å². The Labute approximate surface area is 202 Å². The third kappa shape index (κ3) is 7.41. The highest BCUT2D eigenvalue weighted by Gasteiger charge is 2.51. The van der Waals surface area contributed by atoms with Crippen molar-refractivity contribution in [2.24, 2.45) is 11.7 Å². The van der Waals surface area contributed by atoms with Crippen molar-refractivity contribution in [2.75, 3.05) is 13.1 Å². The van der Waals surface area contributed by atoms with Gasteiger partial charge in [0, 0.05) is 19.2 Å². The molecule has 6 N–H and O–H groups in total. The first-order chi connectivity index (χ1) is 16.6. The van der Waals surface area contributed by atoms with Crippen LogP contribution in [0.5, 0.6) is 0 Å². The number of likely N-dealkylation sites (tertiary alicyclic amines) is 1. The minimum Gasteiger partial charge on any atom is -0.480 e. The van der Waals surface area contributed by atoms with Gasteiger partial charge in [0.25, 0.3) is 5.92 Å². The van der Waals surface area contributed by atoms with Gasteiger partial charge >= 0.3 is 5.97 Å². The molecule has 2 heterocycles. The third-order valence-electron chi connectivity index (χ3n) is 6.51. The molecule has 192 valence electrons. The van der Waals surface area contributed by atoms with Gasteiger partial charge in [0.05, 0.1) is 19.1 Å². The summed E-state index contributed by atoms with van der Waals surface area (Å²) in [5, 5.41) is 21.7. The summed E-state index contributed by atoms with van der Waals surface area (Å²) in [5.74, 6) is -5.80. The molecule has 2 fully saturated rings. The number of amidine groups is 1. The van der Waals surface area contributed by atoms with Crippen molar-refractivity contribution in [3.05, 3.63) is 29.6 Å². The molecule has 1 saturated heterocycles. The molecule has 1 aromatic rings. The first-order valence-electron chi connectivity index (χ1n) is 11.8. The summed E-state index contributed by atoms with van der Waals surface area (Å²) in [5.41, 5.74) is 6.21. The number of hydrogen-bond acceptors (Lipinski definition) is 6. The Hall–Kier alpha value is -3.15. The molecule has 12 heteroatoms. The summed E-state index contributed by atoms with van der Waals surface area (Å²) in [6, 6.07) is 0.781. The van der Waals surface area contributed by atoms with E-state index < -0.39 is 55.3 Å². The maximum Gasteiger partial charge on any atom is 0.317 e. The summed E-state index contributed by atoms with van der Waals surface area (Å²) in [6.45, 7) is -1.38. The van der Waals surface area contributed by atoms with E-state index in [1.807, 2.05) is 0 Å². The van der Waals surface area contributed by atoms with Crippen LogP contribution in [0.4, 0.5) is 8.78 Å². The second kappa shape index (κ2) is 11.5. The number of alkyl halides is 2. The maximum atomic E-state index is 14.4. The number of pyridine rings is 1. The van der Waals surface area contributed by atoms with Gasteiger partial charge in [0.15, 0.2) is 0 Å². The Morgan fingerprint density at radius 1 is 1.26 bits per heavy atom. The average molecular weight is 495 g/mol. The van der Waals surface area contributed by atoms with Crippen LogP contribution in [-0.4, -0.2) is 69.7 Å². The normalized spacial score (nSPS) is 20.9. The SMILES string of the molecule is N=C(N)c1ccc(CNC(=O)[C@@H]2CC(F)(F)CN2C(=O)[C@@H](CC2CCCCC2)NCC(=O)O)cn1. The second-order valence-electron chi connectivity index (χ2n) is 9.29. The Balaban J connectivity index is 1.69. The molecule has 2 amide bonds. The van der Waals surface area contributed by atoms with E-state index in [1.165, 1.54) is 12.3 Å². The lowest BCUT2D eigenvalue weighted by atomic mass is 9.84. The number of aromatic nitrogens is 1. The van der Waals surface area contributed by atoms with Crippen molar-refractivity contribution < 1.29 is 28.3 Å². The smallest absolute Gasteiger partial charge is 0.317 e. The average Bonchev–Trinajstić information content (AvgIpc) is 3.16. The van der Waals surface area contributed by atoms with E-state index in [2.05, 4.69) is 15.6 Å². The van der Waals surface area contributed by atoms with Crippen molar-refractivity contribution in [1.29, 1.82) is 5.41 Å². The van der Waals surface area contributed by atoms with Gasteiger partial charge in [0.1, 0.15) is 17.6 Å². The van der Waals surface area contributed by atoms with E-state index in [4.69, 9.17) is 16.2 Å². The Morgan fingerprint density at radius 2 is 1.97 bits per heavy atom. The molecule has 0 unspecified atom stereocenters. The number of carbonyl (C=O) groups excluding carboxylic acids is 2. The lowest BCUT2D eigenvalue weighted by Gasteiger charge is -2.31. The minimum atomic E-state index is -3.23. The van der Waals surface area contributed by atoms with Gasteiger partial charge in [-0.05, 0) is 24.0 Å². The number of nitrogens with one attached hydrogen (secondary N) is 3. The molecule has 1 aliphatic heterocycles. The summed E-state index contributed by atoms with van der Waals surface area (Å²) in [4.78, 5) is 42.1. The van der Waals surface area contributed by atoms with Crippen LogP contribution >= 0.6 is 0 Å². The fourth-order valence-corrected chi connectivity index (χ4v) is 4.72. The van der Waals surface area contributed by atoms with Gasteiger partial charge < -0.3 is 21.1 Å². The zero-order chi connectivity index (χ0) is 25.6. The fourth-order valence-electron chi connectivity index (χ4n) is 4.72. The highest BCUT2D eigenvalue weighted by Crippen LogP contribution is 2.34. The van der Waals surface area contributed by atoms with Crippen LogP contribution in [0.2, 0.25) is 0 Å². The minimum absolute atomic E-state index is 0.00309. The predicted octanol–water partition coefficient (Wildman–Crippen LogP) is 1.23.